The normalized spacial score (nSPS) is 15.9. The van der Waals surface area contributed by atoms with Crippen LogP contribution in [0.1, 0.15) is 29.2 Å². The van der Waals surface area contributed by atoms with Gasteiger partial charge in [0, 0.05) is 37.7 Å². The number of amides is 1. The molecule has 9 heteroatoms. The molecule has 1 fully saturated rings. The smallest absolute Gasteiger partial charge is 0.260 e. The summed E-state index contributed by atoms with van der Waals surface area (Å²) in [6.45, 7) is 5.31. The summed E-state index contributed by atoms with van der Waals surface area (Å²) in [7, 11) is 0. The zero-order chi connectivity index (χ0) is 24.5. The first kappa shape index (κ1) is 25.7. The van der Waals surface area contributed by atoms with Crippen LogP contribution in [0.25, 0.3) is 0 Å². The van der Waals surface area contributed by atoms with E-state index < -0.39 is 30.1 Å². The van der Waals surface area contributed by atoms with Crippen LogP contribution in [0.4, 0.5) is 13.2 Å². The number of nitrogens with zero attached hydrogens (tertiary/aromatic N) is 1. The zero-order valence-corrected chi connectivity index (χ0v) is 18.9. The Kier molecular flexibility index (Phi) is 9.48. The molecule has 0 spiro atoms. The Labute approximate surface area is 197 Å². The molecule has 0 bridgehead atoms. The Balaban J connectivity index is 1.60. The van der Waals surface area contributed by atoms with Crippen molar-refractivity contribution in [3.8, 4) is 11.8 Å². The van der Waals surface area contributed by atoms with Crippen molar-refractivity contribution in [2.75, 3.05) is 26.3 Å². The van der Waals surface area contributed by atoms with Gasteiger partial charge in [0.15, 0.2) is 0 Å². The number of rotatable bonds is 8. The molecule has 3 rings (SSSR count). The van der Waals surface area contributed by atoms with E-state index in [0.717, 1.165) is 38.4 Å². The van der Waals surface area contributed by atoms with Gasteiger partial charge in [0.1, 0.15) is 5.82 Å². The number of alkyl halides is 2. The quantitative estimate of drug-likeness (QED) is 0.311. The first-order chi connectivity index (χ1) is 16.4. The molecule has 2 atom stereocenters. The molecule has 0 radical (unpaired) electrons. The Morgan fingerprint density at radius 3 is 2.41 bits per heavy atom. The molecule has 2 aromatic rings. The number of morpholine rings is 1. The number of hydrogen-bond donors (Lipinski definition) is 3. The summed E-state index contributed by atoms with van der Waals surface area (Å²) in [5.74, 6) is 2.88. The maximum Gasteiger partial charge on any atom is 0.260 e. The van der Waals surface area contributed by atoms with Crippen LogP contribution in [-0.2, 0) is 22.6 Å². The first-order valence-corrected chi connectivity index (χ1v) is 11.0. The van der Waals surface area contributed by atoms with Crippen LogP contribution < -0.4 is 10.8 Å². The predicted octanol–water partition coefficient (Wildman–Crippen LogP) is 2.92. The number of benzene rings is 2. The Morgan fingerprint density at radius 1 is 1.12 bits per heavy atom. The number of hydroxylamine groups is 1. The Hall–Kier alpha value is -2.90. The van der Waals surface area contributed by atoms with Gasteiger partial charge < -0.3 is 10.1 Å². The molecule has 2 aromatic carbocycles. The van der Waals surface area contributed by atoms with Crippen LogP contribution in [-0.4, -0.2) is 54.8 Å². The van der Waals surface area contributed by atoms with Crippen molar-refractivity contribution in [3.63, 3.8) is 0 Å². The maximum atomic E-state index is 14.5. The minimum absolute atomic E-state index is 0.0373. The lowest BCUT2D eigenvalue weighted by Gasteiger charge is -2.26. The SMILES string of the molecule is C[C@@H](C(F)F)[C@H](NCc1ccc(C#Cc2ccc(CN3CCOCC3)cc2)c(F)c1)C(=O)NO. The molecule has 0 aliphatic carbocycles. The topological polar surface area (TPSA) is 73.8 Å². The van der Waals surface area contributed by atoms with Gasteiger partial charge in [-0.2, -0.15) is 0 Å². The summed E-state index contributed by atoms with van der Waals surface area (Å²) >= 11 is 0. The molecule has 1 aliphatic heterocycles. The van der Waals surface area contributed by atoms with E-state index in [1.807, 2.05) is 24.3 Å². The fraction of sp³-hybridized carbons (Fsp3) is 0.400. The summed E-state index contributed by atoms with van der Waals surface area (Å²) in [6.07, 6.45) is -2.77. The van der Waals surface area contributed by atoms with Gasteiger partial charge >= 0.3 is 0 Å². The second-order valence-electron chi connectivity index (χ2n) is 8.18. The first-order valence-electron chi connectivity index (χ1n) is 11.0. The van der Waals surface area contributed by atoms with Gasteiger partial charge in [0.05, 0.1) is 24.8 Å². The standard InChI is InChI=1S/C25H28F3N3O3/c1-17(24(27)28)23(25(32)30-33)29-15-20-7-9-21(22(26)14-20)8-6-18-2-4-19(5-3-18)16-31-10-12-34-13-11-31/h2-5,7,9,14,17,23-24,29,33H,10-13,15-16H2,1H3,(H,30,32)/t17-,23+/m1/s1. The van der Waals surface area contributed by atoms with Crippen LogP contribution in [0.2, 0.25) is 0 Å². The van der Waals surface area contributed by atoms with Gasteiger partial charge in [-0.3, -0.25) is 14.9 Å². The molecular weight excluding hydrogens is 447 g/mol. The summed E-state index contributed by atoms with van der Waals surface area (Å²) < 4.78 is 45.9. The molecule has 1 heterocycles. The summed E-state index contributed by atoms with van der Waals surface area (Å²) in [5, 5.41) is 11.4. The molecule has 6 nitrogen and oxygen atoms in total. The van der Waals surface area contributed by atoms with Gasteiger partial charge in [0.2, 0.25) is 6.43 Å². The highest BCUT2D eigenvalue weighted by molar-refractivity contribution is 5.80. The lowest BCUT2D eigenvalue weighted by atomic mass is 10.0. The Bertz CT molecular complexity index is 1020. The largest absolute Gasteiger partial charge is 0.379 e. The minimum Gasteiger partial charge on any atom is -0.379 e. The highest BCUT2D eigenvalue weighted by atomic mass is 19.3. The number of carbonyl (C=O) groups excluding carboxylic acids is 1. The van der Waals surface area contributed by atoms with Crippen molar-refractivity contribution >= 4 is 5.91 Å². The van der Waals surface area contributed by atoms with E-state index in [9.17, 15) is 18.0 Å². The number of ether oxygens (including phenoxy) is 1. The van der Waals surface area contributed by atoms with Crippen molar-refractivity contribution in [1.29, 1.82) is 0 Å². The highest BCUT2D eigenvalue weighted by Gasteiger charge is 2.30. The van der Waals surface area contributed by atoms with Crippen molar-refractivity contribution in [1.82, 2.24) is 15.7 Å². The van der Waals surface area contributed by atoms with Crippen molar-refractivity contribution in [3.05, 3.63) is 70.5 Å². The average Bonchev–Trinajstić information content (AvgIpc) is 2.84. The van der Waals surface area contributed by atoms with Gasteiger partial charge in [-0.25, -0.2) is 18.7 Å². The van der Waals surface area contributed by atoms with E-state index in [4.69, 9.17) is 9.94 Å². The second-order valence-corrected chi connectivity index (χ2v) is 8.18. The van der Waals surface area contributed by atoms with Gasteiger partial charge in [-0.1, -0.05) is 37.0 Å². The van der Waals surface area contributed by atoms with Crippen molar-refractivity contribution in [2.45, 2.75) is 32.5 Å². The third-order valence-corrected chi connectivity index (χ3v) is 5.68. The van der Waals surface area contributed by atoms with Crippen LogP contribution in [0.5, 0.6) is 0 Å². The molecule has 34 heavy (non-hydrogen) atoms. The van der Waals surface area contributed by atoms with E-state index >= 15 is 0 Å². The van der Waals surface area contributed by atoms with Gasteiger partial charge in [0.25, 0.3) is 5.91 Å². The maximum absolute atomic E-state index is 14.5. The highest BCUT2D eigenvalue weighted by Crippen LogP contribution is 2.16. The lowest BCUT2D eigenvalue weighted by molar-refractivity contribution is -0.134. The predicted molar refractivity (Wildman–Crippen MR) is 121 cm³/mol. The third-order valence-electron chi connectivity index (χ3n) is 5.68. The van der Waals surface area contributed by atoms with Crippen LogP contribution in [0.3, 0.4) is 0 Å². The lowest BCUT2D eigenvalue weighted by Crippen LogP contribution is -2.48. The number of nitrogens with one attached hydrogen (secondary N) is 2. The van der Waals surface area contributed by atoms with E-state index in [2.05, 4.69) is 22.1 Å². The molecule has 1 aliphatic rings. The van der Waals surface area contributed by atoms with Crippen molar-refractivity contribution in [2.24, 2.45) is 5.92 Å². The molecule has 0 aromatic heterocycles. The van der Waals surface area contributed by atoms with E-state index in [1.54, 1.807) is 6.07 Å². The molecule has 1 amide bonds. The van der Waals surface area contributed by atoms with E-state index in [-0.39, 0.29) is 12.1 Å². The molecule has 182 valence electrons. The van der Waals surface area contributed by atoms with Gasteiger partial charge in [-0.15, -0.1) is 0 Å². The molecule has 0 saturated carbocycles. The molecule has 1 saturated heterocycles. The summed E-state index contributed by atoms with van der Waals surface area (Å²) in [5.41, 5.74) is 3.96. The third kappa shape index (κ3) is 7.30. The number of hydrogen-bond acceptors (Lipinski definition) is 5. The minimum atomic E-state index is -2.77. The Morgan fingerprint density at radius 2 is 1.79 bits per heavy atom. The summed E-state index contributed by atoms with van der Waals surface area (Å²) in [4.78, 5) is 14.0. The van der Waals surface area contributed by atoms with E-state index in [0.29, 0.717) is 5.56 Å². The second kappa shape index (κ2) is 12.5. The van der Waals surface area contributed by atoms with Crippen LogP contribution in [0.15, 0.2) is 42.5 Å². The molecular formula is C25H28F3N3O3. The zero-order valence-electron chi connectivity index (χ0n) is 18.9. The fourth-order valence-corrected chi connectivity index (χ4v) is 3.58. The van der Waals surface area contributed by atoms with E-state index in [1.165, 1.54) is 30.1 Å². The monoisotopic (exact) mass is 475 g/mol. The fourth-order valence-electron chi connectivity index (χ4n) is 3.58. The van der Waals surface area contributed by atoms with Crippen LogP contribution >= 0.6 is 0 Å². The van der Waals surface area contributed by atoms with Crippen molar-refractivity contribution < 1.29 is 27.9 Å². The van der Waals surface area contributed by atoms with Gasteiger partial charge in [-0.05, 0) is 35.4 Å². The number of carbonyl (C=O) groups is 1. The van der Waals surface area contributed by atoms with Crippen LogP contribution in [0, 0.1) is 23.6 Å². The molecule has 0 unspecified atom stereocenters. The molecule has 3 N–H and O–H groups in total. The summed E-state index contributed by atoms with van der Waals surface area (Å²) in [6, 6.07) is 10.8. The average molecular weight is 476 g/mol. The number of halogens is 3.